The number of nitrogens with one attached hydrogen (secondary N) is 3. The fourth-order valence-corrected chi connectivity index (χ4v) is 1.68. The zero-order valence-electron chi connectivity index (χ0n) is 10.8. The van der Waals surface area contributed by atoms with Gasteiger partial charge >= 0.3 is 0 Å². The largest absolute Gasteiger partial charge is 0.480 e. The number of nitrogens with zero attached hydrogens (tertiary/aromatic N) is 2. The van der Waals surface area contributed by atoms with Gasteiger partial charge in [-0.2, -0.15) is 4.98 Å². The first-order valence-electron chi connectivity index (χ1n) is 5.95. The first-order valence-corrected chi connectivity index (χ1v) is 6.33. The first kappa shape index (κ1) is 13.6. The van der Waals surface area contributed by atoms with Crippen LogP contribution in [0.15, 0.2) is 18.1 Å². The molecule has 1 heterocycles. The molecule has 1 fully saturated rings. The topological polar surface area (TPSA) is 82.9 Å². The van der Waals surface area contributed by atoms with Crippen LogP contribution >= 0.6 is 11.6 Å². The Kier molecular flexibility index (Phi) is 4.21. The van der Waals surface area contributed by atoms with Crippen molar-refractivity contribution in [2.45, 2.75) is 12.8 Å². The number of hydrogen-bond acceptors (Lipinski definition) is 6. The number of rotatable bonds is 6. The van der Waals surface area contributed by atoms with Crippen LogP contribution < -0.4 is 15.4 Å². The highest BCUT2D eigenvalue weighted by atomic mass is 35.5. The standard InChI is InChI=1S/C12H16ClN5O/c1-15-10(5-9(14)7-3-4-7)17-12-16-6-8(13)11(18-12)19-2/h5-7,14-15H,3-4H2,1-2H3,(H,16,17,18)/b10-5+,14-9?. The van der Waals surface area contributed by atoms with Gasteiger partial charge in [-0.05, 0) is 18.9 Å². The molecule has 1 aromatic heterocycles. The lowest BCUT2D eigenvalue weighted by atomic mass is 10.2. The monoisotopic (exact) mass is 281 g/mol. The van der Waals surface area contributed by atoms with E-state index in [1.807, 2.05) is 0 Å². The van der Waals surface area contributed by atoms with Gasteiger partial charge < -0.3 is 20.8 Å². The van der Waals surface area contributed by atoms with Gasteiger partial charge in [0, 0.05) is 18.7 Å². The van der Waals surface area contributed by atoms with Crippen LogP contribution in [-0.4, -0.2) is 29.8 Å². The summed E-state index contributed by atoms with van der Waals surface area (Å²) in [6.45, 7) is 0. The smallest absolute Gasteiger partial charge is 0.237 e. The van der Waals surface area contributed by atoms with Gasteiger partial charge in [-0.25, -0.2) is 4.98 Å². The van der Waals surface area contributed by atoms with Crippen molar-refractivity contribution >= 4 is 23.3 Å². The fourth-order valence-electron chi connectivity index (χ4n) is 1.51. The lowest BCUT2D eigenvalue weighted by Crippen LogP contribution is -2.18. The van der Waals surface area contributed by atoms with Gasteiger partial charge in [0.1, 0.15) is 10.8 Å². The number of hydrogen-bond donors (Lipinski definition) is 3. The molecule has 0 aromatic carbocycles. The lowest BCUT2D eigenvalue weighted by Gasteiger charge is -2.10. The number of allylic oxidation sites excluding steroid dienone is 1. The van der Waals surface area contributed by atoms with Crippen molar-refractivity contribution < 1.29 is 4.74 Å². The molecule has 0 bridgehead atoms. The minimum absolute atomic E-state index is 0.312. The van der Waals surface area contributed by atoms with Gasteiger partial charge in [-0.15, -0.1) is 0 Å². The molecular formula is C12H16ClN5O. The SMILES string of the molecule is CN/C(=C\C(=N)C1CC1)Nc1ncc(Cl)c(OC)n1. The third kappa shape index (κ3) is 3.57. The maximum absolute atomic E-state index is 7.87. The van der Waals surface area contributed by atoms with E-state index in [1.165, 1.54) is 13.3 Å². The van der Waals surface area contributed by atoms with E-state index in [2.05, 4.69) is 20.6 Å². The van der Waals surface area contributed by atoms with Gasteiger partial charge in [0.2, 0.25) is 11.8 Å². The second kappa shape index (κ2) is 5.88. The average Bonchev–Trinajstić information content (AvgIpc) is 3.24. The molecule has 19 heavy (non-hydrogen) atoms. The van der Waals surface area contributed by atoms with E-state index in [4.69, 9.17) is 21.7 Å². The molecule has 0 unspecified atom stereocenters. The third-order valence-electron chi connectivity index (χ3n) is 2.74. The predicted molar refractivity (Wildman–Crippen MR) is 74.8 cm³/mol. The highest BCUT2D eigenvalue weighted by molar-refractivity contribution is 6.31. The first-order chi connectivity index (χ1) is 9.13. The predicted octanol–water partition coefficient (Wildman–Crippen LogP) is 2.04. The van der Waals surface area contributed by atoms with Gasteiger partial charge in [-0.1, -0.05) is 11.6 Å². The molecule has 0 spiro atoms. The molecule has 1 saturated carbocycles. The van der Waals surface area contributed by atoms with Crippen molar-refractivity contribution in [2.24, 2.45) is 5.92 Å². The Labute approximate surface area is 116 Å². The van der Waals surface area contributed by atoms with E-state index in [1.54, 1.807) is 13.1 Å². The number of halogens is 1. The van der Waals surface area contributed by atoms with E-state index >= 15 is 0 Å². The summed E-state index contributed by atoms with van der Waals surface area (Å²) >= 11 is 5.86. The minimum Gasteiger partial charge on any atom is -0.480 e. The minimum atomic E-state index is 0.312. The summed E-state index contributed by atoms with van der Waals surface area (Å²) in [5.74, 6) is 1.74. The van der Waals surface area contributed by atoms with Crippen molar-refractivity contribution in [3.63, 3.8) is 0 Å². The van der Waals surface area contributed by atoms with Crippen molar-refractivity contribution in [1.82, 2.24) is 15.3 Å². The number of anilines is 1. The van der Waals surface area contributed by atoms with Crippen LogP contribution in [0.25, 0.3) is 0 Å². The van der Waals surface area contributed by atoms with Crippen LogP contribution in [0, 0.1) is 11.3 Å². The Morgan fingerprint density at radius 2 is 2.32 bits per heavy atom. The Balaban J connectivity index is 2.11. The van der Waals surface area contributed by atoms with E-state index in [9.17, 15) is 0 Å². The molecule has 0 aliphatic heterocycles. The van der Waals surface area contributed by atoms with E-state index in [-0.39, 0.29) is 0 Å². The lowest BCUT2D eigenvalue weighted by molar-refractivity contribution is 0.398. The Morgan fingerprint density at radius 1 is 1.58 bits per heavy atom. The van der Waals surface area contributed by atoms with Crippen LogP contribution in [0.4, 0.5) is 5.95 Å². The molecule has 0 saturated heterocycles. The Bertz CT molecular complexity index is 513. The van der Waals surface area contributed by atoms with E-state index < -0.39 is 0 Å². The summed E-state index contributed by atoms with van der Waals surface area (Å²) in [4.78, 5) is 8.18. The highest BCUT2D eigenvalue weighted by Gasteiger charge is 2.25. The summed E-state index contributed by atoms with van der Waals surface area (Å²) in [5.41, 5.74) is 0.609. The molecule has 1 aromatic rings. The van der Waals surface area contributed by atoms with Gasteiger partial charge in [0.05, 0.1) is 13.3 Å². The molecule has 0 atom stereocenters. The second-order valence-corrected chi connectivity index (χ2v) is 4.62. The zero-order valence-corrected chi connectivity index (χ0v) is 11.6. The maximum Gasteiger partial charge on any atom is 0.237 e. The summed E-state index contributed by atoms with van der Waals surface area (Å²) in [5, 5.41) is 14.2. The van der Waals surface area contributed by atoms with Gasteiger partial charge in [0.15, 0.2) is 0 Å². The molecule has 102 valence electrons. The number of ether oxygens (including phenoxy) is 1. The van der Waals surface area contributed by atoms with E-state index in [0.717, 1.165) is 12.8 Å². The molecule has 0 amide bonds. The van der Waals surface area contributed by atoms with Crippen LogP contribution in [0.3, 0.4) is 0 Å². The van der Waals surface area contributed by atoms with Gasteiger partial charge in [-0.3, -0.25) is 0 Å². The molecule has 3 N–H and O–H groups in total. The third-order valence-corrected chi connectivity index (χ3v) is 3.00. The maximum atomic E-state index is 7.87. The van der Waals surface area contributed by atoms with E-state index in [0.29, 0.717) is 34.3 Å². The van der Waals surface area contributed by atoms with Crippen LogP contribution in [-0.2, 0) is 0 Å². The molecule has 7 heteroatoms. The number of methoxy groups -OCH3 is 1. The van der Waals surface area contributed by atoms with Crippen LogP contribution in [0.5, 0.6) is 5.88 Å². The van der Waals surface area contributed by atoms with Crippen molar-refractivity contribution in [1.29, 1.82) is 5.41 Å². The average molecular weight is 282 g/mol. The molecule has 1 aliphatic carbocycles. The molecule has 2 rings (SSSR count). The summed E-state index contributed by atoms with van der Waals surface area (Å²) < 4.78 is 5.02. The van der Waals surface area contributed by atoms with Crippen molar-refractivity contribution in [2.75, 3.05) is 19.5 Å². The Hall–Kier alpha value is -1.82. The van der Waals surface area contributed by atoms with Crippen LogP contribution in [0.1, 0.15) is 12.8 Å². The zero-order chi connectivity index (χ0) is 13.8. The number of aromatic nitrogens is 2. The van der Waals surface area contributed by atoms with Crippen molar-refractivity contribution in [3.8, 4) is 5.88 Å². The van der Waals surface area contributed by atoms with Crippen molar-refractivity contribution in [3.05, 3.63) is 23.1 Å². The Morgan fingerprint density at radius 3 is 2.89 bits per heavy atom. The normalized spacial score (nSPS) is 15.0. The molecular weight excluding hydrogens is 266 g/mol. The van der Waals surface area contributed by atoms with Crippen LogP contribution in [0.2, 0.25) is 5.02 Å². The highest BCUT2D eigenvalue weighted by Crippen LogP contribution is 2.30. The molecule has 6 nitrogen and oxygen atoms in total. The second-order valence-electron chi connectivity index (χ2n) is 4.21. The quantitative estimate of drug-likeness (QED) is 0.695. The summed E-state index contributed by atoms with van der Waals surface area (Å²) in [7, 11) is 3.27. The summed E-state index contributed by atoms with van der Waals surface area (Å²) in [6.07, 6.45) is 5.41. The van der Waals surface area contributed by atoms with Gasteiger partial charge in [0.25, 0.3) is 0 Å². The fraction of sp³-hybridized carbons (Fsp3) is 0.417. The molecule has 0 radical (unpaired) electrons. The summed E-state index contributed by atoms with van der Waals surface area (Å²) in [6, 6.07) is 0. The molecule has 1 aliphatic rings.